The molecule has 1 aromatic rings. The molecule has 0 bridgehead atoms. The van der Waals surface area contributed by atoms with E-state index in [1.807, 2.05) is 32.0 Å². The maximum absolute atomic E-state index is 12.9. The van der Waals surface area contributed by atoms with Gasteiger partial charge in [0.2, 0.25) is 11.8 Å². The maximum Gasteiger partial charge on any atom is 0.408 e. The van der Waals surface area contributed by atoms with Crippen LogP contribution in [0.3, 0.4) is 0 Å². The number of aldehydes is 1. The number of nitrogens with one attached hydrogen (secondary N) is 3. The van der Waals surface area contributed by atoms with Crippen molar-refractivity contribution in [3.05, 3.63) is 34.9 Å². The number of alkyl carbamates (subject to hydrolysis) is 1. The summed E-state index contributed by atoms with van der Waals surface area (Å²) in [4.78, 5) is 48.8. The molecule has 1 saturated heterocycles. The first kappa shape index (κ1) is 26.6. The molecule has 1 aliphatic heterocycles. The third-order valence-corrected chi connectivity index (χ3v) is 5.63. The summed E-state index contributed by atoms with van der Waals surface area (Å²) in [7, 11) is 0. The van der Waals surface area contributed by atoms with Crippen LogP contribution in [0.15, 0.2) is 24.3 Å². The molecule has 8 nitrogen and oxygen atoms in total. The second kappa shape index (κ2) is 12.0. The molecule has 0 radical (unpaired) electrons. The van der Waals surface area contributed by atoms with Gasteiger partial charge in [0.05, 0.1) is 6.04 Å². The van der Waals surface area contributed by atoms with E-state index in [-0.39, 0.29) is 24.2 Å². The van der Waals surface area contributed by atoms with Crippen LogP contribution in [0.4, 0.5) is 4.79 Å². The summed E-state index contributed by atoms with van der Waals surface area (Å²) in [6.45, 7) is 7.98. The first-order valence-corrected chi connectivity index (χ1v) is 11.6. The van der Waals surface area contributed by atoms with Crippen LogP contribution in [0, 0.1) is 11.8 Å². The van der Waals surface area contributed by atoms with Crippen molar-refractivity contribution < 1.29 is 23.9 Å². The normalized spacial score (nSPS) is 17.8. The van der Waals surface area contributed by atoms with Gasteiger partial charge in [0, 0.05) is 23.9 Å². The Morgan fingerprint density at radius 3 is 2.61 bits per heavy atom. The van der Waals surface area contributed by atoms with Gasteiger partial charge in [-0.25, -0.2) is 4.79 Å². The zero-order valence-electron chi connectivity index (χ0n) is 19.7. The van der Waals surface area contributed by atoms with Gasteiger partial charge in [0.15, 0.2) is 0 Å². The number of carbonyl (C=O) groups is 4. The summed E-state index contributed by atoms with van der Waals surface area (Å²) in [5.74, 6) is -0.799. The van der Waals surface area contributed by atoms with E-state index in [9.17, 15) is 19.2 Å². The number of rotatable bonds is 11. The number of hydrogen-bond acceptors (Lipinski definition) is 5. The lowest BCUT2D eigenvalue weighted by atomic mass is 9.98. The SMILES string of the molecule is CC(C)C[C@H](NC(=O)OC(C)(C)Cc1cccc(Cl)c1)C(=O)N[C@H](C=O)C[C@@H]1CCNC1=O. The van der Waals surface area contributed by atoms with Gasteiger partial charge in [0.1, 0.15) is 17.9 Å². The molecular weight excluding hydrogens is 446 g/mol. The van der Waals surface area contributed by atoms with Crippen LogP contribution in [0.5, 0.6) is 0 Å². The van der Waals surface area contributed by atoms with Gasteiger partial charge in [-0.15, -0.1) is 0 Å². The van der Waals surface area contributed by atoms with Gasteiger partial charge in [-0.3, -0.25) is 9.59 Å². The Hall–Kier alpha value is -2.61. The molecule has 182 valence electrons. The molecule has 9 heteroatoms. The Balaban J connectivity index is 1.98. The van der Waals surface area contributed by atoms with Crippen LogP contribution in [-0.2, 0) is 25.5 Å². The molecule has 0 unspecified atom stereocenters. The summed E-state index contributed by atoms with van der Waals surface area (Å²) in [5.41, 5.74) is 0.0796. The minimum absolute atomic E-state index is 0.107. The molecule has 3 amide bonds. The number of benzene rings is 1. The molecule has 0 saturated carbocycles. The van der Waals surface area contributed by atoms with Gasteiger partial charge in [-0.05, 0) is 56.7 Å². The maximum atomic E-state index is 12.9. The van der Waals surface area contributed by atoms with E-state index >= 15 is 0 Å². The van der Waals surface area contributed by atoms with Crippen molar-refractivity contribution in [3.8, 4) is 0 Å². The monoisotopic (exact) mass is 479 g/mol. The largest absolute Gasteiger partial charge is 0.443 e. The van der Waals surface area contributed by atoms with Gasteiger partial charge in [-0.2, -0.15) is 0 Å². The zero-order valence-corrected chi connectivity index (χ0v) is 20.4. The van der Waals surface area contributed by atoms with Gasteiger partial charge in [-0.1, -0.05) is 37.6 Å². The summed E-state index contributed by atoms with van der Waals surface area (Å²) in [6.07, 6.45) is 1.57. The van der Waals surface area contributed by atoms with E-state index in [2.05, 4.69) is 16.0 Å². The fraction of sp³-hybridized carbons (Fsp3) is 0.583. The zero-order chi connectivity index (χ0) is 24.6. The third kappa shape index (κ3) is 9.04. The summed E-state index contributed by atoms with van der Waals surface area (Å²) in [5, 5.41) is 8.62. The predicted octanol–water partition coefficient (Wildman–Crippen LogP) is 3.01. The number of carbonyl (C=O) groups excluding carboxylic acids is 4. The molecule has 1 aliphatic rings. The standard InChI is InChI=1S/C24H34ClN3O5/c1-15(2)10-20(22(31)27-19(14-29)12-17-8-9-26-21(17)30)28-23(32)33-24(3,4)13-16-6-5-7-18(25)11-16/h5-7,11,14-15,17,19-20H,8-10,12-13H2,1-4H3,(H,26,30)(H,27,31)(H,28,32)/t17-,19-,20-/m0/s1. The van der Waals surface area contributed by atoms with Gasteiger partial charge in [0.25, 0.3) is 0 Å². The highest BCUT2D eigenvalue weighted by atomic mass is 35.5. The van der Waals surface area contributed by atoms with E-state index in [0.29, 0.717) is 37.1 Å². The number of halogens is 1. The first-order valence-electron chi connectivity index (χ1n) is 11.3. The number of hydrogen-bond donors (Lipinski definition) is 3. The molecule has 3 N–H and O–H groups in total. The molecule has 0 spiro atoms. The molecule has 1 fully saturated rings. The van der Waals surface area contributed by atoms with Gasteiger partial charge >= 0.3 is 6.09 Å². The Labute approximate surface area is 200 Å². The third-order valence-electron chi connectivity index (χ3n) is 5.40. The van der Waals surface area contributed by atoms with Gasteiger partial charge < -0.3 is 25.5 Å². The lowest BCUT2D eigenvalue weighted by Gasteiger charge is -2.28. The van der Waals surface area contributed by atoms with Crippen LogP contribution >= 0.6 is 11.6 Å². The van der Waals surface area contributed by atoms with Crippen LogP contribution in [0.25, 0.3) is 0 Å². The molecular formula is C24H34ClN3O5. The van der Waals surface area contributed by atoms with Crippen molar-refractivity contribution in [2.45, 2.75) is 71.1 Å². The topological polar surface area (TPSA) is 114 Å². The van der Waals surface area contributed by atoms with Crippen molar-refractivity contribution in [2.24, 2.45) is 11.8 Å². The van der Waals surface area contributed by atoms with Crippen molar-refractivity contribution in [1.29, 1.82) is 0 Å². The highest BCUT2D eigenvalue weighted by Crippen LogP contribution is 2.20. The Kier molecular flexibility index (Phi) is 9.70. The summed E-state index contributed by atoms with van der Waals surface area (Å²) >= 11 is 6.03. The second-order valence-electron chi connectivity index (χ2n) is 9.55. The van der Waals surface area contributed by atoms with Crippen molar-refractivity contribution >= 4 is 35.8 Å². The highest BCUT2D eigenvalue weighted by Gasteiger charge is 2.31. The molecule has 33 heavy (non-hydrogen) atoms. The lowest BCUT2D eigenvalue weighted by Crippen LogP contribution is -2.52. The van der Waals surface area contributed by atoms with Crippen molar-refractivity contribution in [2.75, 3.05) is 6.54 Å². The van der Waals surface area contributed by atoms with Crippen molar-refractivity contribution in [3.63, 3.8) is 0 Å². The Morgan fingerprint density at radius 2 is 2.03 bits per heavy atom. The second-order valence-corrected chi connectivity index (χ2v) is 9.98. The fourth-order valence-electron chi connectivity index (χ4n) is 3.91. The van der Waals surface area contributed by atoms with E-state index in [0.717, 1.165) is 5.56 Å². The van der Waals surface area contributed by atoms with E-state index in [4.69, 9.17) is 16.3 Å². The average Bonchev–Trinajstić information content (AvgIpc) is 3.10. The molecule has 3 atom stereocenters. The Morgan fingerprint density at radius 1 is 1.30 bits per heavy atom. The summed E-state index contributed by atoms with van der Waals surface area (Å²) in [6, 6.07) is 5.62. The predicted molar refractivity (Wildman–Crippen MR) is 126 cm³/mol. The highest BCUT2D eigenvalue weighted by molar-refractivity contribution is 6.30. The lowest BCUT2D eigenvalue weighted by molar-refractivity contribution is -0.127. The van der Waals surface area contributed by atoms with Crippen LogP contribution in [-0.4, -0.2) is 48.4 Å². The number of amides is 3. The number of ether oxygens (including phenoxy) is 1. The molecule has 0 aromatic heterocycles. The molecule has 1 aromatic carbocycles. The van der Waals surface area contributed by atoms with Crippen molar-refractivity contribution in [1.82, 2.24) is 16.0 Å². The molecule has 1 heterocycles. The summed E-state index contributed by atoms with van der Waals surface area (Å²) < 4.78 is 5.60. The first-order chi connectivity index (χ1) is 15.5. The van der Waals surface area contributed by atoms with Crippen LogP contribution < -0.4 is 16.0 Å². The quantitative estimate of drug-likeness (QED) is 0.422. The smallest absolute Gasteiger partial charge is 0.408 e. The minimum atomic E-state index is -0.876. The minimum Gasteiger partial charge on any atom is -0.443 e. The van der Waals surface area contributed by atoms with E-state index in [1.165, 1.54) is 0 Å². The van der Waals surface area contributed by atoms with Crippen LogP contribution in [0.2, 0.25) is 5.02 Å². The average molecular weight is 480 g/mol. The van der Waals surface area contributed by atoms with Crippen LogP contribution in [0.1, 0.15) is 52.5 Å². The van der Waals surface area contributed by atoms with E-state index < -0.39 is 29.7 Å². The molecule has 2 rings (SSSR count). The van der Waals surface area contributed by atoms with E-state index in [1.54, 1.807) is 19.9 Å². The Bertz CT molecular complexity index is 858. The fourth-order valence-corrected chi connectivity index (χ4v) is 4.12. The molecule has 0 aliphatic carbocycles.